The summed E-state index contributed by atoms with van der Waals surface area (Å²) in [5.41, 5.74) is 0. The molecule has 0 saturated heterocycles. The molecule has 0 saturated carbocycles. The maximum absolute atomic E-state index is 4.81. The Morgan fingerprint density at radius 2 is 1.00 bits per heavy atom. The number of halogens is 4. The van der Waals surface area contributed by atoms with Crippen molar-refractivity contribution in [3.05, 3.63) is 0 Å². The van der Waals surface area contributed by atoms with Crippen molar-refractivity contribution in [2.24, 2.45) is 0 Å². The van der Waals surface area contributed by atoms with Crippen LogP contribution in [0.25, 0.3) is 0 Å². The highest BCUT2D eigenvalue weighted by molar-refractivity contribution is 6.80. The van der Waals surface area contributed by atoms with E-state index >= 15 is 0 Å². The molecule has 0 aromatic heterocycles. The van der Waals surface area contributed by atoms with Gasteiger partial charge in [0.1, 0.15) is 9.55 Å². The first-order valence-electron chi connectivity index (χ1n) is 1.03. The van der Waals surface area contributed by atoms with Gasteiger partial charge in [-0.05, 0) is 0 Å². The maximum atomic E-state index is 4.81. The Morgan fingerprint density at radius 1 is 1.00 bits per heavy atom. The molecule has 0 atom stereocenters. The summed E-state index contributed by atoms with van der Waals surface area (Å²) < 4.78 is -0.750. The van der Waals surface area contributed by atoms with Crippen LogP contribution in [0.3, 0.4) is 0 Å². The van der Waals surface area contributed by atoms with Crippen molar-refractivity contribution in [2.75, 3.05) is 0 Å². The Bertz CT molecular complexity index is 12.3. The second-order valence-corrected chi connectivity index (χ2v) is 2.23. The second kappa shape index (κ2) is 9.62. The van der Waals surface area contributed by atoms with Gasteiger partial charge < -0.3 is 0 Å². The fraction of sp³-hybridized carbons (Fsp3) is 1.00. The number of hydrogen-bond donors (Lipinski definition) is 0. The average molecular weight is 186 g/mol. The minimum absolute atomic E-state index is 0.750. The second-order valence-electron chi connectivity index (χ2n) is 0.247. The largest absolute Gasteiger partial charge is 0.181 e. The minimum atomic E-state index is -0.750. The quantitative estimate of drug-likeness (QED) is 0.305. The molecule has 0 N–H and O–H groups in total. The van der Waals surface area contributed by atoms with Gasteiger partial charge in [0.25, 0.3) is 0 Å². The van der Waals surface area contributed by atoms with Crippen molar-refractivity contribution in [1.82, 2.24) is 0 Å². The van der Waals surface area contributed by atoms with Gasteiger partial charge in [-0.2, -0.15) is 11.1 Å². The molecule has 0 aliphatic heterocycles. The molecule has 0 unspecified atom stereocenters. The molecule has 0 spiro atoms. The van der Waals surface area contributed by atoms with E-state index < -0.39 is 4.30 Å². The normalized spacial score (nSPS) is 7.50. The summed E-state index contributed by atoms with van der Waals surface area (Å²) in [5.74, 6) is 0. The Kier molecular flexibility index (Phi) is 16.6. The Balaban J connectivity index is 0. The molecule has 6 heavy (non-hydrogen) atoms. The summed E-state index contributed by atoms with van der Waals surface area (Å²) in [5, 5.41) is 0. The molecule has 0 bridgehead atoms. The van der Waals surface area contributed by atoms with Crippen molar-refractivity contribution in [2.45, 2.75) is 4.30 Å². The molecule has 0 rings (SSSR count). The monoisotopic (exact) mass is 184 g/mol. The minimum Gasteiger partial charge on any atom is -0.181 e. The number of rotatable bonds is 0. The Labute approximate surface area is 59.8 Å². The van der Waals surface area contributed by atoms with Crippen LogP contribution < -0.4 is 0 Å². The summed E-state index contributed by atoms with van der Waals surface area (Å²) in [4.78, 5) is 0. The lowest BCUT2D eigenvalue weighted by Crippen LogP contribution is -1.55. The van der Waals surface area contributed by atoms with Gasteiger partial charge in [-0.1, -0.05) is 34.8 Å². The zero-order valence-corrected chi connectivity index (χ0v) is 8.11. The van der Waals surface area contributed by atoms with E-state index in [0.29, 0.717) is 0 Å². The van der Waals surface area contributed by atoms with Crippen LogP contribution in [0.5, 0.6) is 0 Å². The van der Waals surface area contributed by atoms with Crippen molar-refractivity contribution in [3.8, 4) is 0 Å². The lowest BCUT2D eigenvalue weighted by atomic mass is 11.9. The maximum Gasteiger partial charge on any atom is 0.180 e. The van der Waals surface area contributed by atoms with Gasteiger partial charge in [0.2, 0.25) is 0 Å². The Hall–Kier alpha value is 1.38. The van der Waals surface area contributed by atoms with Gasteiger partial charge in [0.05, 0.1) is 0 Å². The van der Waals surface area contributed by atoms with Gasteiger partial charge in [-0.3, -0.25) is 0 Å². The van der Waals surface area contributed by atoms with Crippen LogP contribution in [0.15, 0.2) is 0 Å². The van der Waals surface area contributed by atoms with Crippen LogP contribution in [0.4, 0.5) is 0 Å². The van der Waals surface area contributed by atoms with Crippen LogP contribution in [0.1, 0.15) is 0 Å². The molecule has 0 aromatic rings. The highest BCUT2D eigenvalue weighted by Crippen LogP contribution is 2.03. The standard InChI is InChI=1S/CHCl3.ClH3Si/c2-1(3)4;1-2/h1H;2H3. The van der Waals surface area contributed by atoms with Crippen LogP contribution >= 0.6 is 45.9 Å². The topological polar surface area (TPSA) is 0 Å². The highest BCUT2D eigenvalue weighted by Gasteiger charge is 1.78. The zero-order chi connectivity index (χ0) is 5.58. The lowest BCUT2D eigenvalue weighted by molar-refractivity contribution is 1.96. The molecule has 0 aromatic carbocycles. The summed E-state index contributed by atoms with van der Waals surface area (Å²) in [7, 11) is 0.778. The third kappa shape index (κ3) is 54.3. The molecular weight excluding hydrogens is 182 g/mol. The molecule has 5 heteroatoms. The molecule has 0 heterocycles. The molecule has 0 aliphatic rings. The number of hydrogen-bond acceptors (Lipinski definition) is 0. The Morgan fingerprint density at radius 3 is 1.00 bits per heavy atom. The lowest BCUT2D eigenvalue weighted by Gasteiger charge is -1.69. The third-order valence-corrected chi connectivity index (χ3v) is 0. The van der Waals surface area contributed by atoms with E-state index in [1.54, 1.807) is 0 Å². The summed E-state index contributed by atoms with van der Waals surface area (Å²) >= 11 is 19.2. The van der Waals surface area contributed by atoms with Crippen molar-refractivity contribution >= 4 is 55.4 Å². The van der Waals surface area contributed by atoms with Gasteiger partial charge in [0, 0.05) is 0 Å². The molecule has 0 fully saturated rings. The fourth-order valence-electron chi connectivity index (χ4n) is 0. The first kappa shape index (κ1) is 10.4. The zero-order valence-electron chi connectivity index (χ0n) is 3.09. The molecule has 40 valence electrons. The van der Waals surface area contributed by atoms with Crippen LogP contribution in [0.2, 0.25) is 0 Å². The van der Waals surface area contributed by atoms with Crippen molar-refractivity contribution in [1.29, 1.82) is 0 Å². The molecule has 0 radical (unpaired) electrons. The van der Waals surface area contributed by atoms with Crippen LogP contribution in [-0.2, 0) is 0 Å². The first-order valence-corrected chi connectivity index (χ1v) is 5.37. The molecule has 0 nitrogen and oxygen atoms in total. The van der Waals surface area contributed by atoms with Gasteiger partial charge >= 0.3 is 0 Å². The first-order chi connectivity index (χ1) is 2.73. The van der Waals surface area contributed by atoms with E-state index in [4.69, 9.17) is 45.9 Å². The van der Waals surface area contributed by atoms with E-state index in [0.717, 1.165) is 9.55 Å². The van der Waals surface area contributed by atoms with E-state index in [2.05, 4.69) is 0 Å². The van der Waals surface area contributed by atoms with E-state index in [1.165, 1.54) is 0 Å². The molecule has 0 aliphatic carbocycles. The SMILES string of the molecule is ClC(Cl)Cl.[SiH3]Cl. The summed E-state index contributed by atoms with van der Waals surface area (Å²) in [6.07, 6.45) is 0. The van der Waals surface area contributed by atoms with Crippen LogP contribution in [-0.4, -0.2) is 13.8 Å². The average Bonchev–Trinajstić information content (AvgIpc) is 1.41. The van der Waals surface area contributed by atoms with Crippen LogP contribution in [0, 0.1) is 0 Å². The fourth-order valence-corrected chi connectivity index (χ4v) is 0. The summed E-state index contributed by atoms with van der Waals surface area (Å²) in [6, 6.07) is 0. The number of alkyl halides is 3. The summed E-state index contributed by atoms with van der Waals surface area (Å²) in [6.45, 7) is 0. The van der Waals surface area contributed by atoms with Gasteiger partial charge in [-0.15, -0.1) is 0 Å². The highest BCUT2D eigenvalue weighted by atomic mass is 35.6. The van der Waals surface area contributed by atoms with Gasteiger partial charge in [0.15, 0.2) is 4.30 Å². The molecular formula is CH4Cl4Si. The van der Waals surface area contributed by atoms with E-state index in [9.17, 15) is 0 Å². The predicted molar refractivity (Wildman–Crippen MR) is 37.1 cm³/mol. The smallest absolute Gasteiger partial charge is 0.180 e. The van der Waals surface area contributed by atoms with Gasteiger partial charge in [-0.25, -0.2) is 0 Å². The van der Waals surface area contributed by atoms with E-state index in [-0.39, 0.29) is 0 Å². The van der Waals surface area contributed by atoms with Crippen molar-refractivity contribution in [3.63, 3.8) is 0 Å². The predicted octanol–water partition coefficient (Wildman–Crippen LogP) is 1.49. The van der Waals surface area contributed by atoms with E-state index in [1.807, 2.05) is 0 Å². The van der Waals surface area contributed by atoms with Crippen molar-refractivity contribution < 1.29 is 0 Å². The third-order valence-electron chi connectivity index (χ3n) is 0. The molecule has 0 amide bonds.